The molecule has 0 radical (unpaired) electrons. The van der Waals surface area contributed by atoms with Crippen LogP contribution in [0.25, 0.3) is 10.9 Å². The second-order valence-corrected chi connectivity index (χ2v) is 10.4. The molecule has 0 amide bonds. The van der Waals surface area contributed by atoms with Crippen LogP contribution in [-0.2, 0) is 24.7 Å². The van der Waals surface area contributed by atoms with Crippen molar-refractivity contribution in [1.29, 1.82) is 0 Å². The molecule has 3 aliphatic carbocycles. The van der Waals surface area contributed by atoms with E-state index in [1.54, 1.807) is 6.07 Å². The standard InChI is InChI=1S/C26H28N2O3/c29-21-8-7-16-11-22-26(31)12-18-17-3-1-2-4-19(17)27-20(18)13-25(26,23(16)24(21)30)9-10-28(22)14-15-5-6-15/h1-4,7-8,15,22,27,29-31H,5-6,9-14H2/t22-,25-,26-/m1/s1. The van der Waals surface area contributed by atoms with Crippen molar-refractivity contribution < 1.29 is 15.3 Å². The number of nitrogens with zero attached hydrogens (tertiary/aromatic N) is 1. The molecule has 1 saturated heterocycles. The van der Waals surface area contributed by atoms with Crippen LogP contribution in [0, 0.1) is 5.92 Å². The smallest absolute Gasteiger partial charge is 0.161 e. The Bertz CT molecular complexity index is 1230. The number of aromatic hydroxyl groups is 2. The molecule has 3 atom stereocenters. The van der Waals surface area contributed by atoms with E-state index in [1.807, 2.05) is 12.1 Å². The summed E-state index contributed by atoms with van der Waals surface area (Å²) in [7, 11) is 0. The molecule has 4 N–H and O–H groups in total. The number of fused-ring (bicyclic) bond motifs is 4. The number of piperidine rings is 1. The Morgan fingerprint density at radius 3 is 2.74 bits per heavy atom. The average Bonchev–Trinajstić information content (AvgIpc) is 3.50. The number of phenols is 2. The molecule has 2 aromatic carbocycles. The molecule has 7 rings (SSSR count). The predicted molar refractivity (Wildman–Crippen MR) is 119 cm³/mol. The van der Waals surface area contributed by atoms with Crippen LogP contribution in [0.4, 0.5) is 0 Å². The number of rotatable bonds is 2. The highest BCUT2D eigenvalue weighted by atomic mass is 16.3. The van der Waals surface area contributed by atoms with Gasteiger partial charge < -0.3 is 20.3 Å². The van der Waals surface area contributed by atoms with E-state index in [2.05, 4.69) is 28.1 Å². The molecular weight excluding hydrogens is 388 g/mol. The van der Waals surface area contributed by atoms with Crippen molar-refractivity contribution in [1.82, 2.24) is 9.88 Å². The molecule has 1 aliphatic heterocycles. The summed E-state index contributed by atoms with van der Waals surface area (Å²) in [6.07, 6.45) is 5.32. The lowest BCUT2D eigenvalue weighted by Crippen LogP contribution is -2.74. The quantitative estimate of drug-likeness (QED) is 0.483. The van der Waals surface area contributed by atoms with Crippen molar-refractivity contribution in [2.45, 2.75) is 55.6 Å². The van der Waals surface area contributed by atoms with E-state index in [0.717, 1.165) is 47.8 Å². The van der Waals surface area contributed by atoms with Crippen LogP contribution < -0.4 is 0 Å². The van der Waals surface area contributed by atoms with Gasteiger partial charge in [0.1, 0.15) is 0 Å². The SMILES string of the molecule is Oc1ccc2c(c1O)[C@]13CCN(CC4CC4)[C@H](C2)[C@]1(O)Cc1c([nH]c2ccccc12)C3. The Balaban J connectivity index is 1.48. The third kappa shape index (κ3) is 2.23. The third-order valence-electron chi connectivity index (χ3n) is 8.80. The first-order valence-electron chi connectivity index (χ1n) is 11.6. The Kier molecular flexibility index (Phi) is 3.41. The van der Waals surface area contributed by atoms with Gasteiger partial charge in [-0.05, 0) is 61.4 Å². The van der Waals surface area contributed by atoms with E-state index >= 15 is 0 Å². The molecule has 160 valence electrons. The van der Waals surface area contributed by atoms with Crippen LogP contribution in [0.5, 0.6) is 11.5 Å². The average molecular weight is 417 g/mol. The maximum absolute atomic E-state index is 12.6. The van der Waals surface area contributed by atoms with Crippen molar-refractivity contribution in [3.05, 3.63) is 58.8 Å². The molecular formula is C26H28N2O3. The van der Waals surface area contributed by atoms with E-state index in [4.69, 9.17) is 0 Å². The second-order valence-electron chi connectivity index (χ2n) is 10.4. The zero-order valence-corrected chi connectivity index (χ0v) is 17.6. The minimum atomic E-state index is -0.976. The second kappa shape index (κ2) is 5.84. The maximum atomic E-state index is 12.6. The van der Waals surface area contributed by atoms with Gasteiger partial charge >= 0.3 is 0 Å². The number of phenolic OH excluding ortho intramolecular Hbond substituents is 2. The van der Waals surface area contributed by atoms with Gasteiger partial charge in [-0.25, -0.2) is 0 Å². The van der Waals surface area contributed by atoms with Crippen molar-refractivity contribution in [3.8, 4) is 11.5 Å². The van der Waals surface area contributed by atoms with Gasteiger partial charge in [-0.15, -0.1) is 0 Å². The number of hydrogen-bond acceptors (Lipinski definition) is 4. The summed E-state index contributed by atoms with van der Waals surface area (Å²) in [5.74, 6) is 0.638. The number of likely N-dealkylation sites (tertiary alicyclic amines) is 1. The zero-order chi connectivity index (χ0) is 21.0. The van der Waals surface area contributed by atoms with E-state index in [-0.39, 0.29) is 17.5 Å². The van der Waals surface area contributed by atoms with E-state index in [0.29, 0.717) is 19.3 Å². The van der Waals surface area contributed by atoms with Crippen LogP contribution >= 0.6 is 0 Å². The fourth-order valence-electron chi connectivity index (χ4n) is 7.15. The molecule has 0 spiro atoms. The first-order valence-corrected chi connectivity index (χ1v) is 11.6. The number of para-hydroxylation sites is 1. The van der Waals surface area contributed by atoms with Crippen molar-refractivity contribution in [2.24, 2.45) is 5.92 Å². The summed E-state index contributed by atoms with van der Waals surface area (Å²) in [5.41, 5.74) is 3.77. The van der Waals surface area contributed by atoms with Crippen LogP contribution in [-0.4, -0.2) is 49.9 Å². The molecule has 31 heavy (non-hydrogen) atoms. The highest BCUT2D eigenvalue weighted by Gasteiger charge is 2.65. The Morgan fingerprint density at radius 2 is 1.90 bits per heavy atom. The number of aliphatic hydroxyl groups is 1. The van der Waals surface area contributed by atoms with Crippen LogP contribution in [0.3, 0.4) is 0 Å². The van der Waals surface area contributed by atoms with Gasteiger partial charge in [0, 0.05) is 53.0 Å². The minimum Gasteiger partial charge on any atom is -0.504 e. The Labute approximate surface area is 181 Å². The highest BCUT2D eigenvalue weighted by Crippen LogP contribution is 2.60. The Hall–Kier alpha value is -2.50. The van der Waals surface area contributed by atoms with Gasteiger partial charge in [0.25, 0.3) is 0 Å². The minimum absolute atomic E-state index is 0.0279. The number of hydrogen-bond donors (Lipinski definition) is 4. The van der Waals surface area contributed by atoms with Gasteiger partial charge in [-0.3, -0.25) is 4.90 Å². The van der Waals surface area contributed by atoms with Gasteiger partial charge in [0.15, 0.2) is 11.5 Å². The summed E-state index contributed by atoms with van der Waals surface area (Å²) < 4.78 is 0. The third-order valence-corrected chi connectivity index (χ3v) is 8.80. The van der Waals surface area contributed by atoms with Gasteiger partial charge in [0.05, 0.1) is 5.60 Å². The zero-order valence-electron chi connectivity index (χ0n) is 17.6. The van der Waals surface area contributed by atoms with Crippen LogP contribution in [0.1, 0.15) is 41.6 Å². The number of H-pyrrole nitrogens is 1. The van der Waals surface area contributed by atoms with Crippen LogP contribution in [0.2, 0.25) is 0 Å². The topological polar surface area (TPSA) is 79.7 Å². The van der Waals surface area contributed by atoms with Gasteiger partial charge in [-0.2, -0.15) is 0 Å². The Morgan fingerprint density at radius 1 is 1.06 bits per heavy atom. The molecule has 1 saturated carbocycles. The largest absolute Gasteiger partial charge is 0.504 e. The maximum Gasteiger partial charge on any atom is 0.161 e. The molecule has 0 unspecified atom stereocenters. The molecule has 5 nitrogen and oxygen atoms in total. The number of benzene rings is 2. The van der Waals surface area contributed by atoms with Crippen molar-refractivity contribution >= 4 is 10.9 Å². The van der Waals surface area contributed by atoms with Gasteiger partial charge in [0.2, 0.25) is 0 Å². The van der Waals surface area contributed by atoms with Crippen molar-refractivity contribution in [2.75, 3.05) is 13.1 Å². The molecule has 1 aromatic heterocycles. The van der Waals surface area contributed by atoms with E-state index in [9.17, 15) is 15.3 Å². The number of aromatic amines is 1. The lowest BCUT2D eigenvalue weighted by Gasteiger charge is -2.63. The number of aromatic nitrogens is 1. The highest BCUT2D eigenvalue weighted by molar-refractivity contribution is 5.85. The van der Waals surface area contributed by atoms with E-state index < -0.39 is 11.0 Å². The predicted octanol–water partition coefficient (Wildman–Crippen LogP) is 3.39. The molecule has 2 heterocycles. The summed E-state index contributed by atoms with van der Waals surface area (Å²) in [6, 6.07) is 11.9. The lowest BCUT2D eigenvalue weighted by molar-refractivity contribution is -0.152. The number of nitrogens with one attached hydrogen (secondary N) is 1. The summed E-state index contributed by atoms with van der Waals surface area (Å²) >= 11 is 0. The molecule has 3 aromatic rings. The molecule has 4 aliphatic rings. The summed E-state index contributed by atoms with van der Waals surface area (Å²) in [6.45, 7) is 1.98. The first kappa shape index (κ1) is 18.1. The fourth-order valence-corrected chi connectivity index (χ4v) is 7.15. The van der Waals surface area contributed by atoms with Crippen molar-refractivity contribution in [3.63, 3.8) is 0 Å². The molecule has 2 bridgehead atoms. The monoisotopic (exact) mass is 416 g/mol. The van der Waals surface area contributed by atoms with Crippen LogP contribution in [0.15, 0.2) is 36.4 Å². The first-order chi connectivity index (χ1) is 15.0. The lowest BCUT2D eigenvalue weighted by atomic mass is 9.49. The molecule has 2 fully saturated rings. The summed E-state index contributed by atoms with van der Waals surface area (Å²) in [4.78, 5) is 6.14. The van der Waals surface area contributed by atoms with E-state index in [1.165, 1.54) is 23.8 Å². The normalized spacial score (nSPS) is 31.8. The molecule has 5 heteroatoms. The fraction of sp³-hybridized carbons (Fsp3) is 0.462. The summed E-state index contributed by atoms with van der Waals surface area (Å²) in [5, 5.41) is 35.2. The van der Waals surface area contributed by atoms with Gasteiger partial charge in [-0.1, -0.05) is 24.3 Å².